The summed E-state index contributed by atoms with van der Waals surface area (Å²) in [6.07, 6.45) is 1.48. The molecule has 0 N–H and O–H groups in total. The maximum absolute atomic E-state index is 14.9. The predicted octanol–water partition coefficient (Wildman–Crippen LogP) is 5.50. The molecule has 1 unspecified atom stereocenters. The summed E-state index contributed by atoms with van der Waals surface area (Å²) >= 11 is 1.21. The van der Waals surface area contributed by atoms with Crippen LogP contribution >= 0.6 is 11.3 Å². The Bertz CT molecular complexity index is 1950. The van der Waals surface area contributed by atoms with Crippen LogP contribution in [0.5, 0.6) is 0 Å². The van der Waals surface area contributed by atoms with Gasteiger partial charge in [0.05, 0.1) is 23.2 Å². The third-order valence-corrected chi connectivity index (χ3v) is 8.61. The lowest BCUT2D eigenvalue weighted by Crippen LogP contribution is -2.53. The number of hydrogen-bond donors (Lipinski definition) is 0. The number of anilines is 2. The zero-order chi connectivity index (χ0) is 28.5. The first-order valence-corrected chi connectivity index (χ1v) is 14.1. The number of amides is 2. The Labute approximate surface area is 237 Å². The molecular formula is C31H23FN4O4S. The van der Waals surface area contributed by atoms with E-state index >= 15 is 0 Å². The highest BCUT2D eigenvalue weighted by molar-refractivity contribution is 7.15. The smallest absolute Gasteiger partial charge is 0.297 e. The molecule has 0 saturated heterocycles. The highest BCUT2D eigenvalue weighted by Crippen LogP contribution is 2.54. The van der Waals surface area contributed by atoms with Gasteiger partial charge in [-0.05, 0) is 49.2 Å². The zero-order valence-corrected chi connectivity index (χ0v) is 23.0. The van der Waals surface area contributed by atoms with Crippen LogP contribution in [-0.4, -0.2) is 22.0 Å². The number of fused-ring (bicyclic) bond motifs is 5. The fraction of sp³-hybridized carbons (Fsp3) is 0.194. The molecule has 1 spiro atoms. The van der Waals surface area contributed by atoms with E-state index in [1.165, 1.54) is 33.3 Å². The molecular weight excluding hydrogens is 543 g/mol. The Morgan fingerprint density at radius 1 is 1.00 bits per heavy atom. The minimum Gasteiger partial charge on any atom is -0.450 e. The standard InChI is InChI=1S/C31H23FN4O4S/c1-3-6-24-33-34-30(41-24)36-28(38)27-25(26(37)20-15-17(2)9-14-23(20)40-27)31(36)21-7-4-5-8-22(21)35(29(31)39)16-18-10-12-19(32)13-11-18/h4-5,7-15H,3,6,16H2,1-2H3. The molecule has 0 saturated carbocycles. The number of hydrogen-bond acceptors (Lipinski definition) is 7. The Kier molecular flexibility index (Phi) is 5.65. The maximum Gasteiger partial charge on any atom is 0.297 e. The Balaban J connectivity index is 1.53. The fourth-order valence-electron chi connectivity index (χ4n) is 5.86. The summed E-state index contributed by atoms with van der Waals surface area (Å²) in [6, 6.07) is 18.1. The average molecular weight is 567 g/mol. The van der Waals surface area contributed by atoms with Gasteiger partial charge < -0.3 is 9.32 Å². The fourth-order valence-corrected chi connectivity index (χ4v) is 6.85. The summed E-state index contributed by atoms with van der Waals surface area (Å²) in [5.74, 6) is -1.71. The van der Waals surface area contributed by atoms with Crippen LogP contribution in [0, 0.1) is 12.7 Å². The predicted molar refractivity (Wildman–Crippen MR) is 153 cm³/mol. The van der Waals surface area contributed by atoms with E-state index in [1.807, 2.05) is 13.8 Å². The van der Waals surface area contributed by atoms with Crippen molar-refractivity contribution in [2.24, 2.45) is 0 Å². The van der Waals surface area contributed by atoms with Gasteiger partial charge >= 0.3 is 0 Å². The number of halogens is 1. The average Bonchev–Trinajstić information content (AvgIpc) is 3.60. The molecule has 1 atom stereocenters. The Hall–Kier alpha value is -4.70. The Morgan fingerprint density at radius 2 is 1.78 bits per heavy atom. The largest absolute Gasteiger partial charge is 0.450 e. The summed E-state index contributed by atoms with van der Waals surface area (Å²) in [5.41, 5.74) is 0.438. The molecule has 2 aliphatic rings. The second kappa shape index (κ2) is 9.17. The van der Waals surface area contributed by atoms with Gasteiger partial charge in [0, 0.05) is 12.0 Å². The number of para-hydroxylation sites is 1. The summed E-state index contributed by atoms with van der Waals surface area (Å²) < 4.78 is 19.8. The van der Waals surface area contributed by atoms with Crippen LogP contribution < -0.4 is 15.2 Å². The summed E-state index contributed by atoms with van der Waals surface area (Å²) in [7, 11) is 0. The molecule has 8 nitrogen and oxygen atoms in total. The van der Waals surface area contributed by atoms with Crippen LogP contribution in [0.15, 0.2) is 75.9 Å². The van der Waals surface area contributed by atoms with Crippen molar-refractivity contribution >= 4 is 44.9 Å². The van der Waals surface area contributed by atoms with E-state index in [0.717, 1.165) is 12.0 Å². The SMILES string of the molecule is CCCc1nnc(N2C(=O)c3oc4ccc(C)cc4c(=O)c3C23C(=O)N(Cc2ccc(F)cc2)c2ccccc23)s1. The van der Waals surface area contributed by atoms with E-state index in [-0.39, 0.29) is 34.0 Å². The van der Waals surface area contributed by atoms with Crippen LogP contribution in [0.1, 0.15) is 51.2 Å². The number of rotatable bonds is 5. The van der Waals surface area contributed by atoms with Crippen LogP contribution in [0.2, 0.25) is 0 Å². The molecule has 0 aliphatic carbocycles. The second-order valence-electron chi connectivity index (χ2n) is 10.2. The highest BCUT2D eigenvalue weighted by Gasteiger charge is 2.66. The van der Waals surface area contributed by atoms with E-state index in [9.17, 15) is 18.8 Å². The van der Waals surface area contributed by atoms with Crippen LogP contribution in [0.4, 0.5) is 15.2 Å². The van der Waals surface area contributed by atoms with Crippen LogP contribution in [-0.2, 0) is 23.3 Å². The zero-order valence-electron chi connectivity index (χ0n) is 22.2. The van der Waals surface area contributed by atoms with Gasteiger partial charge in [-0.2, -0.15) is 0 Å². The number of benzene rings is 3. The number of aromatic nitrogens is 2. The van der Waals surface area contributed by atoms with E-state index < -0.39 is 28.6 Å². The molecule has 0 fully saturated rings. The molecule has 0 bridgehead atoms. The molecule has 10 heteroatoms. The van der Waals surface area contributed by atoms with Crippen molar-refractivity contribution in [1.29, 1.82) is 0 Å². The molecule has 41 heavy (non-hydrogen) atoms. The second-order valence-corrected chi connectivity index (χ2v) is 11.3. The molecule has 2 aliphatic heterocycles. The molecule has 0 radical (unpaired) electrons. The minimum absolute atomic E-state index is 0.0353. The van der Waals surface area contributed by atoms with Crippen molar-refractivity contribution in [2.45, 2.75) is 38.8 Å². The number of aryl methyl sites for hydroxylation is 2. The van der Waals surface area contributed by atoms with Crippen molar-refractivity contribution in [3.8, 4) is 0 Å². The first-order chi connectivity index (χ1) is 19.8. The third-order valence-electron chi connectivity index (χ3n) is 7.64. The number of carbonyl (C=O) groups excluding carboxylic acids is 2. The highest BCUT2D eigenvalue weighted by atomic mass is 32.1. The molecule has 5 aromatic rings. The first kappa shape index (κ1) is 25.3. The normalized spacial score (nSPS) is 17.6. The lowest BCUT2D eigenvalue weighted by molar-refractivity contribution is -0.121. The molecule has 2 amide bonds. The third kappa shape index (κ3) is 3.53. The van der Waals surface area contributed by atoms with E-state index in [2.05, 4.69) is 10.2 Å². The molecule has 7 rings (SSSR count). The van der Waals surface area contributed by atoms with Crippen molar-refractivity contribution in [3.05, 3.63) is 116 Å². The lowest BCUT2D eigenvalue weighted by Gasteiger charge is -2.32. The van der Waals surface area contributed by atoms with Crippen molar-refractivity contribution in [3.63, 3.8) is 0 Å². The van der Waals surface area contributed by atoms with E-state index in [1.54, 1.807) is 54.6 Å². The van der Waals surface area contributed by atoms with Gasteiger partial charge in [-0.1, -0.05) is 60.2 Å². The van der Waals surface area contributed by atoms with Crippen molar-refractivity contribution in [1.82, 2.24) is 10.2 Å². The molecule has 2 aromatic heterocycles. The molecule has 204 valence electrons. The van der Waals surface area contributed by atoms with Crippen molar-refractivity contribution in [2.75, 3.05) is 9.80 Å². The number of carbonyl (C=O) groups is 2. The van der Waals surface area contributed by atoms with Gasteiger partial charge in [0.2, 0.25) is 10.9 Å². The van der Waals surface area contributed by atoms with Gasteiger partial charge in [0.25, 0.3) is 11.8 Å². The number of nitrogens with zero attached hydrogens (tertiary/aromatic N) is 4. The summed E-state index contributed by atoms with van der Waals surface area (Å²) in [4.78, 5) is 46.3. The monoisotopic (exact) mass is 566 g/mol. The summed E-state index contributed by atoms with van der Waals surface area (Å²) in [6.45, 7) is 3.97. The minimum atomic E-state index is -1.86. The van der Waals surface area contributed by atoms with Gasteiger partial charge in [-0.25, -0.2) is 4.39 Å². The molecule has 3 aromatic carbocycles. The van der Waals surface area contributed by atoms with Gasteiger partial charge in [-0.3, -0.25) is 19.3 Å². The maximum atomic E-state index is 14.9. The van der Waals surface area contributed by atoms with Gasteiger partial charge in [-0.15, -0.1) is 10.2 Å². The molecule has 4 heterocycles. The van der Waals surface area contributed by atoms with Gasteiger partial charge in [0.1, 0.15) is 16.4 Å². The lowest BCUT2D eigenvalue weighted by atomic mass is 9.84. The summed E-state index contributed by atoms with van der Waals surface area (Å²) in [5, 5.41) is 9.80. The quantitative estimate of drug-likeness (QED) is 0.279. The van der Waals surface area contributed by atoms with E-state index in [4.69, 9.17) is 4.42 Å². The topological polar surface area (TPSA) is 96.6 Å². The van der Waals surface area contributed by atoms with Crippen molar-refractivity contribution < 1.29 is 18.4 Å². The first-order valence-electron chi connectivity index (χ1n) is 13.3. The van der Waals surface area contributed by atoms with Crippen LogP contribution in [0.25, 0.3) is 11.0 Å². The Morgan fingerprint density at radius 3 is 2.56 bits per heavy atom. The van der Waals surface area contributed by atoms with Gasteiger partial charge in [0.15, 0.2) is 11.0 Å². The van der Waals surface area contributed by atoms with Crippen LogP contribution in [0.3, 0.4) is 0 Å². The van der Waals surface area contributed by atoms with E-state index in [0.29, 0.717) is 28.2 Å².